The number of pyridine rings is 1. The van der Waals surface area contributed by atoms with E-state index in [2.05, 4.69) is 12.2 Å². The zero-order valence-corrected chi connectivity index (χ0v) is 20.1. The van der Waals surface area contributed by atoms with Gasteiger partial charge in [-0.3, -0.25) is 14.4 Å². The van der Waals surface area contributed by atoms with Crippen LogP contribution in [0, 0.1) is 6.92 Å². The average molecular weight is 469 g/mol. The summed E-state index contributed by atoms with van der Waals surface area (Å²) >= 11 is 0. The number of aryl methyl sites for hydroxylation is 2. The second-order valence-corrected chi connectivity index (χ2v) is 8.41. The number of carbonyl (C=O) groups excluding carboxylic acids is 2. The van der Waals surface area contributed by atoms with E-state index >= 15 is 0 Å². The molecule has 178 valence electrons. The standard InChI is InChI=1S/C29H28N2O4/c1-4-20-8-12-22(13-9-20)30-27(32)18-31-17-25(28(33)21-10-6-19(3)7-11-21)29(34)24-16-23(35-5-2)14-15-26(24)31/h6-17H,4-5,18H2,1-3H3,(H,30,32). The fourth-order valence-corrected chi connectivity index (χ4v) is 3.97. The number of hydrogen-bond acceptors (Lipinski definition) is 4. The molecule has 0 spiro atoms. The molecule has 0 atom stereocenters. The minimum absolute atomic E-state index is 0.00935. The van der Waals surface area contributed by atoms with Gasteiger partial charge in [-0.15, -0.1) is 0 Å². The Balaban J connectivity index is 1.74. The van der Waals surface area contributed by atoms with Crippen molar-refractivity contribution in [1.82, 2.24) is 4.57 Å². The Morgan fingerprint density at radius 1 is 0.943 bits per heavy atom. The van der Waals surface area contributed by atoms with Crippen LogP contribution < -0.4 is 15.5 Å². The van der Waals surface area contributed by atoms with Crippen LogP contribution in [0.3, 0.4) is 0 Å². The highest BCUT2D eigenvalue weighted by Crippen LogP contribution is 2.21. The summed E-state index contributed by atoms with van der Waals surface area (Å²) in [5.74, 6) is -0.117. The number of ketones is 1. The first kappa shape index (κ1) is 24.0. The SMILES string of the molecule is CCOc1ccc2c(c1)c(=O)c(C(=O)c1ccc(C)cc1)cn2CC(=O)Nc1ccc(CC)cc1. The van der Waals surface area contributed by atoms with Crippen molar-refractivity contribution in [2.75, 3.05) is 11.9 Å². The van der Waals surface area contributed by atoms with Gasteiger partial charge in [-0.25, -0.2) is 0 Å². The van der Waals surface area contributed by atoms with Crippen molar-refractivity contribution in [3.05, 3.63) is 105 Å². The molecule has 6 heteroatoms. The Labute approximate surface area is 204 Å². The van der Waals surface area contributed by atoms with Gasteiger partial charge in [-0.05, 0) is 56.2 Å². The highest BCUT2D eigenvalue weighted by Gasteiger charge is 2.19. The van der Waals surface area contributed by atoms with Crippen molar-refractivity contribution in [2.45, 2.75) is 33.7 Å². The molecule has 0 fully saturated rings. The first-order valence-corrected chi connectivity index (χ1v) is 11.7. The van der Waals surface area contributed by atoms with Gasteiger partial charge in [-0.1, -0.05) is 48.9 Å². The molecule has 1 amide bonds. The third-order valence-corrected chi connectivity index (χ3v) is 5.88. The van der Waals surface area contributed by atoms with Gasteiger partial charge in [0.25, 0.3) is 0 Å². The number of carbonyl (C=O) groups is 2. The van der Waals surface area contributed by atoms with E-state index < -0.39 is 0 Å². The number of anilines is 1. The van der Waals surface area contributed by atoms with Gasteiger partial charge >= 0.3 is 0 Å². The maximum atomic E-state index is 13.4. The third-order valence-electron chi connectivity index (χ3n) is 5.88. The molecule has 0 bridgehead atoms. The average Bonchev–Trinajstić information content (AvgIpc) is 2.86. The van der Waals surface area contributed by atoms with Crippen LogP contribution in [0.1, 0.15) is 40.9 Å². The van der Waals surface area contributed by atoms with Crippen LogP contribution in [-0.4, -0.2) is 22.9 Å². The lowest BCUT2D eigenvalue weighted by atomic mass is 10.0. The molecular formula is C29H28N2O4. The quantitative estimate of drug-likeness (QED) is 0.363. The summed E-state index contributed by atoms with van der Waals surface area (Å²) in [7, 11) is 0. The second-order valence-electron chi connectivity index (χ2n) is 8.41. The van der Waals surface area contributed by atoms with Gasteiger partial charge < -0.3 is 14.6 Å². The van der Waals surface area contributed by atoms with Gasteiger partial charge in [0.05, 0.1) is 23.1 Å². The molecule has 35 heavy (non-hydrogen) atoms. The molecule has 0 aliphatic heterocycles. The van der Waals surface area contributed by atoms with Crippen LogP contribution in [0.15, 0.2) is 77.7 Å². The normalized spacial score (nSPS) is 10.8. The van der Waals surface area contributed by atoms with Gasteiger partial charge in [-0.2, -0.15) is 0 Å². The number of rotatable bonds is 8. The highest BCUT2D eigenvalue weighted by molar-refractivity contribution is 6.10. The fourth-order valence-electron chi connectivity index (χ4n) is 3.97. The zero-order chi connectivity index (χ0) is 24.9. The van der Waals surface area contributed by atoms with Crippen molar-refractivity contribution < 1.29 is 14.3 Å². The van der Waals surface area contributed by atoms with Crippen LogP contribution in [0.25, 0.3) is 10.9 Å². The molecule has 1 heterocycles. The number of ether oxygens (including phenoxy) is 1. The third kappa shape index (κ3) is 5.32. The van der Waals surface area contributed by atoms with E-state index in [1.165, 1.54) is 11.8 Å². The molecule has 1 N–H and O–H groups in total. The molecule has 0 unspecified atom stereocenters. The van der Waals surface area contributed by atoms with E-state index in [1.54, 1.807) is 34.9 Å². The van der Waals surface area contributed by atoms with Crippen molar-refractivity contribution in [3.8, 4) is 5.75 Å². The number of amides is 1. The van der Waals surface area contributed by atoms with Gasteiger partial charge in [0.1, 0.15) is 12.3 Å². The number of nitrogens with one attached hydrogen (secondary N) is 1. The zero-order valence-electron chi connectivity index (χ0n) is 20.1. The molecule has 3 aromatic carbocycles. The minimum Gasteiger partial charge on any atom is -0.494 e. The first-order valence-electron chi connectivity index (χ1n) is 11.7. The molecule has 0 saturated heterocycles. The first-order chi connectivity index (χ1) is 16.9. The lowest BCUT2D eigenvalue weighted by Gasteiger charge is -2.15. The number of benzene rings is 3. The Bertz CT molecular complexity index is 1440. The largest absolute Gasteiger partial charge is 0.494 e. The molecule has 0 radical (unpaired) electrons. The summed E-state index contributed by atoms with van der Waals surface area (Å²) in [6.45, 7) is 6.25. The Hall–Kier alpha value is -4.19. The molecule has 6 nitrogen and oxygen atoms in total. The maximum Gasteiger partial charge on any atom is 0.244 e. The van der Waals surface area contributed by atoms with E-state index in [0.717, 1.165) is 12.0 Å². The van der Waals surface area contributed by atoms with Gasteiger partial charge in [0, 0.05) is 17.4 Å². The molecular weight excluding hydrogens is 440 g/mol. The molecule has 0 saturated carbocycles. The van der Waals surface area contributed by atoms with Gasteiger partial charge in [0.2, 0.25) is 11.3 Å². The highest BCUT2D eigenvalue weighted by atomic mass is 16.5. The smallest absolute Gasteiger partial charge is 0.244 e. The fraction of sp³-hybridized carbons (Fsp3) is 0.207. The number of nitrogens with zero attached hydrogens (tertiary/aromatic N) is 1. The summed E-state index contributed by atoms with van der Waals surface area (Å²) < 4.78 is 7.22. The van der Waals surface area contributed by atoms with Crippen LogP contribution in [0.5, 0.6) is 5.75 Å². The van der Waals surface area contributed by atoms with E-state index in [4.69, 9.17) is 4.74 Å². The molecule has 1 aromatic heterocycles. The second kappa shape index (κ2) is 10.4. The Morgan fingerprint density at radius 3 is 2.31 bits per heavy atom. The number of hydrogen-bond donors (Lipinski definition) is 1. The predicted molar refractivity (Wildman–Crippen MR) is 138 cm³/mol. The minimum atomic E-state index is -0.390. The van der Waals surface area contributed by atoms with E-state index in [0.29, 0.717) is 34.5 Å². The summed E-state index contributed by atoms with van der Waals surface area (Å²) in [5, 5.41) is 3.22. The summed E-state index contributed by atoms with van der Waals surface area (Å²) in [6.07, 6.45) is 2.39. The van der Waals surface area contributed by atoms with Crippen LogP contribution in [-0.2, 0) is 17.8 Å². The van der Waals surface area contributed by atoms with E-state index in [1.807, 2.05) is 50.2 Å². The molecule has 0 aliphatic rings. The van der Waals surface area contributed by atoms with Crippen molar-refractivity contribution >= 4 is 28.3 Å². The van der Waals surface area contributed by atoms with E-state index in [-0.39, 0.29) is 29.2 Å². The van der Waals surface area contributed by atoms with Crippen molar-refractivity contribution in [3.63, 3.8) is 0 Å². The summed E-state index contributed by atoms with van der Waals surface area (Å²) in [4.78, 5) is 39.5. The lowest BCUT2D eigenvalue weighted by Crippen LogP contribution is -2.24. The Kier molecular flexibility index (Phi) is 7.11. The summed E-state index contributed by atoms with van der Waals surface area (Å²) in [5.41, 5.74) is 3.47. The summed E-state index contributed by atoms with van der Waals surface area (Å²) in [6, 6.07) is 19.9. The van der Waals surface area contributed by atoms with Crippen molar-refractivity contribution in [2.24, 2.45) is 0 Å². The predicted octanol–water partition coefficient (Wildman–Crippen LogP) is 5.14. The van der Waals surface area contributed by atoms with Crippen LogP contribution in [0.2, 0.25) is 0 Å². The maximum absolute atomic E-state index is 13.4. The van der Waals surface area contributed by atoms with E-state index in [9.17, 15) is 14.4 Å². The molecule has 4 aromatic rings. The molecule has 0 aliphatic carbocycles. The molecule has 4 rings (SSSR count). The topological polar surface area (TPSA) is 77.4 Å². The monoisotopic (exact) mass is 468 g/mol. The number of fused-ring (bicyclic) bond motifs is 1. The van der Waals surface area contributed by atoms with Gasteiger partial charge in [0.15, 0.2) is 5.78 Å². The van der Waals surface area contributed by atoms with Crippen molar-refractivity contribution in [1.29, 1.82) is 0 Å². The number of aromatic nitrogens is 1. The Morgan fingerprint density at radius 2 is 1.66 bits per heavy atom. The lowest BCUT2D eigenvalue weighted by molar-refractivity contribution is -0.116. The van der Waals surface area contributed by atoms with Crippen LogP contribution in [0.4, 0.5) is 5.69 Å². The van der Waals surface area contributed by atoms with Crippen LogP contribution >= 0.6 is 0 Å².